The number of aromatic nitrogens is 1. The fraction of sp³-hybridized carbons (Fsp3) is 0.278. The smallest absolute Gasteiger partial charge is 0.227 e. The van der Waals surface area contributed by atoms with Gasteiger partial charge in [0.15, 0.2) is 0 Å². The molecule has 24 heavy (non-hydrogen) atoms. The molecule has 0 spiro atoms. The lowest BCUT2D eigenvalue weighted by Gasteiger charge is -2.28. The molecule has 2 aliphatic rings. The number of hydrogen-bond acceptors (Lipinski definition) is 3. The first-order valence-electron chi connectivity index (χ1n) is 7.97. The number of anilines is 2. The molecule has 4 rings (SSSR count). The van der Waals surface area contributed by atoms with Crippen LogP contribution in [0.2, 0.25) is 5.02 Å². The van der Waals surface area contributed by atoms with Gasteiger partial charge in [-0.3, -0.25) is 14.6 Å². The molecule has 0 radical (unpaired) electrons. The molecule has 6 heteroatoms. The molecular weight excluding hydrogens is 326 g/mol. The van der Waals surface area contributed by atoms with Crippen molar-refractivity contribution in [2.45, 2.75) is 25.2 Å². The van der Waals surface area contributed by atoms with Gasteiger partial charge in [0.1, 0.15) is 0 Å². The van der Waals surface area contributed by atoms with Crippen LogP contribution in [-0.2, 0) is 9.59 Å². The summed E-state index contributed by atoms with van der Waals surface area (Å²) in [7, 11) is 0. The number of fused-ring (bicyclic) bond motifs is 1. The molecule has 3 heterocycles. The van der Waals surface area contributed by atoms with E-state index in [1.165, 1.54) is 0 Å². The van der Waals surface area contributed by atoms with Crippen molar-refractivity contribution in [2.24, 2.45) is 0 Å². The second kappa shape index (κ2) is 5.91. The van der Waals surface area contributed by atoms with Crippen LogP contribution in [0.15, 0.2) is 36.7 Å². The lowest BCUT2D eigenvalue weighted by molar-refractivity contribution is -0.117. The van der Waals surface area contributed by atoms with Gasteiger partial charge < -0.3 is 10.2 Å². The van der Waals surface area contributed by atoms with Crippen molar-refractivity contribution < 1.29 is 9.59 Å². The van der Waals surface area contributed by atoms with E-state index < -0.39 is 0 Å². The van der Waals surface area contributed by atoms with Crippen LogP contribution >= 0.6 is 11.6 Å². The average Bonchev–Trinajstić information content (AvgIpc) is 3.00. The molecule has 0 bridgehead atoms. The van der Waals surface area contributed by atoms with Crippen molar-refractivity contribution in [1.82, 2.24) is 4.98 Å². The van der Waals surface area contributed by atoms with Gasteiger partial charge in [-0.05, 0) is 35.7 Å². The minimum atomic E-state index is -0.104. The molecular formula is C18H16ClN3O2. The van der Waals surface area contributed by atoms with Gasteiger partial charge in [-0.1, -0.05) is 17.7 Å². The Morgan fingerprint density at radius 1 is 1.21 bits per heavy atom. The van der Waals surface area contributed by atoms with Gasteiger partial charge in [-0.15, -0.1) is 0 Å². The van der Waals surface area contributed by atoms with Crippen LogP contribution in [-0.4, -0.2) is 23.3 Å². The summed E-state index contributed by atoms with van der Waals surface area (Å²) in [6.45, 7) is 0.727. The Bertz CT molecular complexity index is 837. The van der Waals surface area contributed by atoms with Crippen LogP contribution in [0.3, 0.4) is 0 Å². The molecule has 1 aromatic carbocycles. The molecule has 1 aromatic heterocycles. The zero-order chi connectivity index (χ0) is 16.7. The maximum atomic E-state index is 12.2. The lowest BCUT2D eigenvalue weighted by Crippen LogP contribution is -2.26. The molecule has 122 valence electrons. The molecule has 1 saturated heterocycles. The van der Waals surface area contributed by atoms with E-state index in [4.69, 9.17) is 11.6 Å². The van der Waals surface area contributed by atoms with Crippen LogP contribution < -0.4 is 10.2 Å². The molecule has 1 N–H and O–H groups in total. The summed E-state index contributed by atoms with van der Waals surface area (Å²) in [6, 6.07) is 7.67. The number of carbonyl (C=O) groups is 2. The van der Waals surface area contributed by atoms with Crippen LogP contribution in [0, 0.1) is 0 Å². The number of hydrogen-bond donors (Lipinski definition) is 1. The van der Waals surface area contributed by atoms with E-state index in [0.29, 0.717) is 17.9 Å². The predicted molar refractivity (Wildman–Crippen MR) is 92.4 cm³/mol. The quantitative estimate of drug-likeness (QED) is 0.911. The molecule has 1 unspecified atom stereocenters. The molecule has 2 amide bonds. The molecule has 1 atom stereocenters. The SMILES string of the molecule is O=C1CC(c2ccncc2Cl)c2ccc(N3CCCC3=O)cc2N1. The zero-order valence-electron chi connectivity index (χ0n) is 13.0. The molecule has 0 saturated carbocycles. The fourth-order valence-corrected chi connectivity index (χ4v) is 3.74. The highest BCUT2D eigenvalue weighted by Gasteiger charge is 2.29. The topological polar surface area (TPSA) is 62.3 Å². The van der Waals surface area contributed by atoms with Crippen molar-refractivity contribution in [1.29, 1.82) is 0 Å². The van der Waals surface area contributed by atoms with Crippen molar-refractivity contribution in [3.05, 3.63) is 52.8 Å². The van der Waals surface area contributed by atoms with Gasteiger partial charge in [0, 0.05) is 49.1 Å². The van der Waals surface area contributed by atoms with Gasteiger partial charge in [0.05, 0.1) is 5.02 Å². The minimum Gasteiger partial charge on any atom is -0.326 e. The first kappa shape index (κ1) is 15.1. The largest absolute Gasteiger partial charge is 0.326 e. The van der Waals surface area contributed by atoms with Gasteiger partial charge in [-0.2, -0.15) is 0 Å². The van der Waals surface area contributed by atoms with Crippen molar-refractivity contribution in [3.8, 4) is 0 Å². The number of benzene rings is 1. The van der Waals surface area contributed by atoms with E-state index >= 15 is 0 Å². The Kier molecular flexibility index (Phi) is 3.73. The van der Waals surface area contributed by atoms with Gasteiger partial charge in [0.25, 0.3) is 0 Å². The van der Waals surface area contributed by atoms with E-state index in [2.05, 4.69) is 10.3 Å². The third kappa shape index (κ3) is 2.55. The van der Waals surface area contributed by atoms with E-state index in [1.54, 1.807) is 17.3 Å². The van der Waals surface area contributed by atoms with Gasteiger partial charge >= 0.3 is 0 Å². The normalized spacial score (nSPS) is 20.0. The average molecular weight is 342 g/mol. The van der Waals surface area contributed by atoms with Crippen molar-refractivity contribution in [2.75, 3.05) is 16.8 Å². The summed E-state index contributed by atoms with van der Waals surface area (Å²) in [5, 5.41) is 3.48. The van der Waals surface area contributed by atoms with Crippen LogP contribution in [0.5, 0.6) is 0 Å². The Balaban J connectivity index is 1.76. The summed E-state index contributed by atoms with van der Waals surface area (Å²) in [5.41, 5.74) is 3.49. The third-order valence-electron chi connectivity index (χ3n) is 4.64. The Labute approximate surface area is 144 Å². The number of halogens is 1. The number of rotatable bonds is 2. The van der Waals surface area contributed by atoms with Crippen LogP contribution in [0.4, 0.5) is 11.4 Å². The first-order chi connectivity index (χ1) is 11.6. The molecule has 1 fully saturated rings. The van der Waals surface area contributed by atoms with Crippen molar-refractivity contribution >= 4 is 34.8 Å². The number of nitrogens with zero attached hydrogens (tertiary/aromatic N) is 2. The first-order valence-corrected chi connectivity index (χ1v) is 8.35. The van der Waals surface area contributed by atoms with Crippen LogP contribution in [0.25, 0.3) is 0 Å². The van der Waals surface area contributed by atoms with Gasteiger partial charge in [-0.25, -0.2) is 0 Å². The summed E-state index contributed by atoms with van der Waals surface area (Å²) in [5.74, 6) is -0.0244. The summed E-state index contributed by atoms with van der Waals surface area (Å²) < 4.78 is 0. The monoisotopic (exact) mass is 341 g/mol. The van der Waals surface area contributed by atoms with Gasteiger partial charge in [0.2, 0.25) is 11.8 Å². The number of carbonyl (C=O) groups excluding carboxylic acids is 2. The minimum absolute atomic E-state index is 0.0507. The van der Waals surface area contributed by atoms with E-state index in [-0.39, 0.29) is 17.7 Å². The second-order valence-electron chi connectivity index (χ2n) is 6.12. The van der Waals surface area contributed by atoms with E-state index in [1.807, 2.05) is 24.3 Å². The molecule has 2 aliphatic heterocycles. The van der Waals surface area contributed by atoms with E-state index in [9.17, 15) is 9.59 Å². The summed E-state index contributed by atoms with van der Waals surface area (Å²) >= 11 is 6.28. The Hall–Kier alpha value is -2.40. The highest BCUT2D eigenvalue weighted by atomic mass is 35.5. The highest BCUT2D eigenvalue weighted by molar-refractivity contribution is 6.31. The predicted octanol–water partition coefficient (Wildman–Crippen LogP) is 3.34. The highest BCUT2D eigenvalue weighted by Crippen LogP contribution is 2.41. The number of amides is 2. The van der Waals surface area contributed by atoms with E-state index in [0.717, 1.165) is 35.5 Å². The summed E-state index contributed by atoms with van der Waals surface area (Å²) in [4.78, 5) is 29.9. The lowest BCUT2D eigenvalue weighted by atomic mass is 9.85. The molecule has 0 aliphatic carbocycles. The number of pyridine rings is 1. The third-order valence-corrected chi connectivity index (χ3v) is 4.96. The van der Waals surface area contributed by atoms with Crippen LogP contribution in [0.1, 0.15) is 36.3 Å². The fourth-order valence-electron chi connectivity index (χ4n) is 3.49. The number of nitrogens with one attached hydrogen (secondary N) is 1. The van der Waals surface area contributed by atoms with Crippen molar-refractivity contribution in [3.63, 3.8) is 0 Å². The maximum absolute atomic E-state index is 12.2. The second-order valence-corrected chi connectivity index (χ2v) is 6.53. The Morgan fingerprint density at radius 2 is 2.08 bits per heavy atom. The Morgan fingerprint density at radius 3 is 2.83 bits per heavy atom. The zero-order valence-corrected chi connectivity index (χ0v) is 13.7. The molecule has 5 nitrogen and oxygen atoms in total. The molecule has 2 aromatic rings. The maximum Gasteiger partial charge on any atom is 0.227 e. The summed E-state index contributed by atoms with van der Waals surface area (Å²) in [6.07, 6.45) is 5.08. The standard InChI is InChI=1S/C18H16ClN3O2/c19-15-10-20-6-5-12(15)14-9-17(23)21-16-8-11(3-4-13(14)16)22-7-1-2-18(22)24/h3-6,8,10,14H,1-2,7,9H2,(H,21,23).